The van der Waals surface area contributed by atoms with Gasteiger partial charge in [-0.1, -0.05) is 20.3 Å². The van der Waals surface area contributed by atoms with E-state index >= 15 is 0 Å². The predicted molar refractivity (Wildman–Crippen MR) is 75.7 cm³/mol. The van der Waals surface area contributed by atoms with E-state index in [1.807, 2.05) is 18.5 Å². The van der Waals surface area contributed by atoms with Gasteiger partial charge in [-0.05, 0) is 26.2 Å². The van der Waals surface area contributed by atoms with E-state index in [4.69, 9.17) is 5.73 Å². The van der Waals surface area contributed by atoms with Gasteiger partial charge in [0.1, 0.15) is 17.9 Å². The molecule has 0 aliphatic rings. The van der Waals surface area contributed by atoms with Crippen LogP contribution in [0.15, 0.2) is 6.33 Å². The lowest BCUT2D eigenvalue weighted by Crippen LogP contribution is -2.19. The van der Waals surface area contributed by atoms with E-state index in [2.05, 4.69) is 17.0 Å². The van der Waals surface area contributed by atoms with Gasteiger partial charge in [0.25, 0.3) is 0 Å². The highest BCUT2D eigenvalue weighted by Crippen LogP contribution is 2.12. The summed E-state index contributed by atoms with van der Waals surface area (Å²) in [7, 11) is 0. The minimum Gasteiger partial charge on any atom is -0.328 e. The van der Waals surface area contributed by atoms with Crippen LogP contribution in [0.5, 0.6) is 0 Å². The van der Waals surface area contributed by atoms with Crippen LogP contribution in [0.1, 0.15) is 52.3 Å². The molecule has 0 bridgehead atoms. The van der Waals surface area contributed by atoms with Crippen LogP contribution in [-0.2, 0) is 17.8 Å². The first kappa shape index (κ1) is 15.8. The van der Waals surface area contributed by atoms with Gasteiger partial charge >= 0.3 is 0 Å². The van der Waals surface area contributed by atoms with Crippen molar-refractivity contribution < 1.29 is 4.79 Å². The van der Waals surface area contributed by atoms with Gasteiger partial charge in [-0.3, -0.25) is 4.79 Å². The van der Waals surface area contributed by atoms with Crippen molar-refractivity contribution in [2.24, 2.45) is 11.7 Å². The van der Waals surface area contributed by atoms with Crippen LogP contribution < -0.4 is 5.73 Å². The minimum absolute atomic E-state index is 0.0746. The second-order valence-corrected chi connectivity index (χ2v) is 5.35. The molecule has 1 heterocycles. The molecule has 5 nitrogen and oxygen atoms in total. The second kappa shape index (κ2) is 8.04. The average molecular weight is 266 g/mol. The van der Waals surface area contributed by atoms with Gasteiger partial charge in [-0.2, -0.15) is 5.10 Å². The van der Waals surface area contributed by atoms with Gasteiger partial charge in [0.05, 0.1) is 6.42 Å². The monoisotopic (exact) mass is 266 g/mol. The highest BCUT2D eigenvalue weighted by molar-refractivity contribution is 5.82. The summed E-state index contributed by atoms with van der Waals surface area (Å²) in [6.07, 6.45) is 5.80. The van der Waals surface area contributed by atoms with Crippen molar-refractivity contribution in [2.45, 2.75) is 65.5 Å². The summed E-state index contributed by atoms with van der Waals surface area (Å²) < 4.78 is 1.83. The Hall–Kier alpha value is -1.23. The molecule has 0 amide bonds. The van der Waals surface area contributed by atoms with Gasteiger partial charge in [-0.25, -0.2) is 9.67 Å². The molecule has 0 aliphatic heterocycles. The fourth-order valence-corrected chi connectivity index (χ4v) is 2.06. The fourth-order valence-electron chi connectivity index (χ4n) is 2.06. The summed E-state index contributed by atoms with van der Waals surface area (Å²) in [4.78, 5) is 16.3. The number of hydrogen-bond acceptors (Lipinski definition) is 4. The van der Waals surface area contributed by atoms with Crippen molar-refractivity contribution in [3.8, 4) is 0 Å². The smallest absolute Gasteiger partial charge is 0.143 e. The average Bonchev–Trinajstić information content (AvgIpc) is 2.76. The molecule has 19 heavy (non-hydrogen) atoms. The Bertz CT molecular complexity index is 387. The Morgan fingerprint density at radius 3 is 2.79 bits per heavy atom. The second-order valence-electron chi connectivity index (χ2n) is 5.35. The first-order valence-corrected chi connectivity index (χ1v) is 7.19. The number of carbonyl (C=O) groups is 1. The molecule has 1 rings (SSSR count). The molecular weight excluding hydrogens is 240 g/mol. The highest BCUT2D eigenvalue weighted by atomic mass is 16.1. The molecule has 0 aromatic carbocycles. The maximum Gasteiger partial charge on any atom is 0.143 e. The molecule has 2 atom stereocenters. The molecule has 0 saturated carbocycles. The van der Waals surface area contributed by atoms with E-state index < -0.39 is 0 Å². The third kappa shape index (κ3) is 5.51. The maximum absolute atomic E-state index is 12.1. The van der Waals surface area contributed by atoms with Crippen molar-refractivity contribution >= 4 is 5.78 Å². The Morgan fingerprint density at radius 2 is 2.16 bits per heavy atom. The third-order valence-electron chi connectivity index (χ3n) is 3.31. The highest BCUT2D eigenvalue weighted by Gasteiger charge is 2.16. The lowest BCUT2D eigenvalue weighted by Gasteiger charge is -2.11. The molecule has 2 N–H and O–H groups in total. The van der Waals surface area contributed by atoms with Gasteiger partial charge in [0.2, 0.25) is 0 Å². The number of aryl methyl sites for hydroxylation is 1. The van der Waals surface area contributed by atoms with E-state index in [0.717, 1.165) is 38.1 Å². The minimum atomic E-state index is 0.0746. The first-order chi connectivity index (χ1) is 9.04. The summed E-state index contributed by atoms with van der Waals surface area (Å²) in [6.45, 7) is 6.90. The molecule has 1 aromatic heterocycles. The quantitative estimate of drug-likeness (QED) is 0.741. The molecular formula is C14H26N4O. The van der Waals surface area contributed by atoms with Crippen LogP contribution in [0.25, 0.3) is 0 Å². The van der Waals surface area contributed by atoms with Crippen LogP contribution in [0, 0.1) is 5.92 Å². The molecule has 0 fully saturated rings. The summed E-state index contributed by atoms with van der Waals surface area (Å²) in [5, 5.41) is 4.14. The summed E-state index contributed by atoms with van der Waals surface area (Å²) in [5.41, 5.74) is 5.71. The van der Waals surface area contributed by atoms with Crippen LogP contribution >= 0.6 is 0 Å². The van der Waals surface area contributed by atoms with E-state index in [1.165, 1.54) is 6.33 Å². The van der Waals surface area contributed by atoms with Crippen molar-refractivity contribution in [2.75, 3.05) is 0 Å². The van der Waals surface area contributed by atoms with Crippen molar-refractivity contribution in [3.05, 3.63) is 12.2 Å². The van der Waals surface area contributed by atoms with Gasteiger partial charge in [-0.15, -0.1) is 0 Å². The van der Waals surface area contributed by atoms with Crippen LogP contribution in [0.3, 0.4) is 0 Å². The molecule has 5 heteroatoms. The zero-order chi connectivity index (χ0) is 14.3. The number of Topliss-reactive ketones (excluding diaryl/α,β-unsaturated/α-hetero) is 1. The Morgan fingerprint density at radius 1 is 1.42 bits per heavy atom. The van der Waals surface area contributed by atoms with Gasteiger partial charge in [0, 0.05) is 18.5 Å². The molecule has 0 aliphatic carbocycles. The molecule has 1 aromatic rings. The molecule has 108 valence electrons. The zero-order valence-corrected chi connectivity index (χ0v) is 12.3. The number of hydrogen-bond donors (Lipinski definition) is 1. The molecule has 0 radical (unpaired) electrons. The van der Waals surface area contributed by atoms with E-state index in [0.29, 0.717) is 6.42 Å². The van der Waals surface area contributed by atoms with Gasteiger partial charge in [0.15, 0.2) is 0 Å². The van der Waals surface area contributed by atoms with Crippen LogP contribution in [0.4, 0.5) is 0 Å². The number of nitrogens with zero attached hydrogens (tertiary/aromatic N) is 3. The van der Waals surface area contributed by atoms with Crippen molar-refractivity contribution in [3.63, 3.8) is 0 Å². The number of rotatable bonds is 9. The molecule has 0 saturated heterocycles. The lowest BCUT2D eigenvalue weighted by atomic mass is 9.96. The number of carbonyl (C=O) groups excluding carboxylic acids is 1. The molecule has 2 unspecified atom stereocenters. The van der Waals surface area contributed by atoms with Crippen LogP contribution in [-0.4, -0.2) is 26.6 Å². The normalized spacial score (nSPS) is 14.3. The summed E-state index contributed by atoms with van der Waals surface area (Å²) in [5.74, 6) is 1.10. The van der Waals surface area contributed by atoms with Gasteiger partial charge < -0.3 is 5.73 Å². The topological polar surface area (TPSA) is 73.8 Å². The number of nitrogens with two attached hydrogens (primary N) is 1. The predicted octanol–water partition coefficient (Wildman–Crippen LogP) is 1.95. The third-order valence-corrected chi connectivity index (χ3v) is 3.31. The SMILES string of the molecule is CCCn1ncnc1CC(=O)C(C)CCCC(C)N. The van der Waals surface area contributed by atoms with Crippen molar-refractivity contribution in [1.29, 1.82) is 0 Å². The van der Waals surface area contributed by atoms with Crippen molar-refractivity contribution in [1.82, 2.24) is 14.8 Å². The van der Waals surface area contributed by atoms with Crippen LogP contribution in [0.2, 0.25) is 0 Å². The first-order valence-electron chi connectivity index (χ1n) is 7.19. The Balaban J connectivity index is 2.42. The summed E-state index contributed by atoms with van der Waals surface area (Å²) >= 11 is 0. The van der Waals surface area contributed by atoms with E-state index in [1.54, 1.807) is 0 Å². The number of aromatic nitrogens is 3. The number of ketones is 1. The van der Waals surface area contributed by atoms with E-state index in [-0.39, 0.29) is 17.7 Å². The Labute approximate surface area is 115 Å². The maximum atomic E-state index is 12.1. The summed E-state index contributed by atoms with van der Waals surface area (Å²) in [6, 6.07) is 0.218. The van der Waals surface area contributed by atoms with E-state index in [9.17, 15) is 4.79 Å². The fraction of sp³-hybridized carbons (Fsp3) is 0.786. The lowest BCUT2D eigenvalue weighted by molar-refractivity contribution is -0.122. The standard InChI is InChI=1S/C14H26N4O/c1-4-8-18-14(16-10-17-18)9-13(19)11(2)6-5-7-12(3)15/h10-12H,4-9,15H2,1-3H3. The Kier molecular flexibility index (Phi) is 6.70. The largest absolute Gasteiger partial charge is 0.328 e. The zero-order valence-electron chi connectivity index (χ0n) is 12.3. The molecule has 0 spiro atoms.